The standard InChI is InChI=1S/C25H18ClNO5/c1-30-22-12-11-16(14-23(22)31-15-21(28)17-7-3-2-4-8-17)13-20-25(29)32-24(27-20)18-9-5-6-10-19(18)26/h2-14H,15H2,1H3/b20-13-. The first-order valence-electron chi connectivity index (χ1n) is 9.71. The van der Waals surface area contributed by atoms with Crippen LogP contribution in [0.15, 0.2) is 83.5 Å². The molecule has 0 aliphatic carbocycles. The normalized spacial score (nSPS) is 14.1. The molecule has 160 valence electrons. The SMILES string of the molecule is COc1ccc(/C=C2\N=C(c3ccccc3Cl)OC2=O)cc1OCC(=O)c1ccccc1. The molecule has 0 atom stereocenters. The molecule has 3 aromatic rings. The van der Waals surface area contributed by atoms with Gasteiger partial charge in [-0.25, -0.2) is 9.79 Å². The van der Waals surface area contributed by atoms with Crippen LogP contribution in [0.5, 0.6) is 11.5 Å². The smallest absolute Gasteiger partial charge is 0.363 e. The Morgan fingerprint density at radius 1 is 1.03 bits per heavy atom. The van der Waals surface area contributed by atoms with E-state index in [1.54, 1.807) is 72.8 Å². The van der Waals surface area contributed by atoms with Gasteiger partial charge in [-0.2, -0.15) is 0 Å². The summed E-state index contributed by atoms with van der Waals surface area (Å²) in [6, 6.07) is 20.9. The second-order valence-electron chi connectivity index (χ2n) is 6.80. The monoisotopic (exact) mass is 447 g/mol. The Morgan fingerprint density at radius 2 is 1.78 bits per heavy atom. The molecule has 0 saturated carbocycles. The van der Waals surface area contributed by atoms with Crippen LogP contribution in [0.2, 0.25) is 5.02 Å². The minimum Gasteiger partial charge on any atom is -0.493 e. The summed E-state index contributed by atoms with van der Waals surface area (Å²) in [5, 5.41) is 0.434. The highest BCUT2D eigenvalue weighted by molar-refractivity contribution is 6.34. The number of benzene rings is 3. The number of ether oxygens (including phenoxy) is 3. The molecule has 0 unspecified atom stereocenters. The molecule has 1 aliphatic rings. The van der Waals surface area contributed by atoms with Crippen LogP contribution >= 0.6 is 11.6 Å². The van der Waals surface area contributed by atoms with Gasteiger partial charge in [0, 0.05) is 5.56 Å². The van der Waals surface area contributed by atoms with Gasteiger partial charge in [0.1, 0.15) is 0 Å². The third-order valence-electron chi connectivity index (χ3n) is 4.67. The quantitative estimate of drug-likeness (QED) is 0.291. The summed E-state index contributed by atoms with van der Waals surface area (Å²) < 4.78 is 16.3. The third-order valence-corrected chi connectivity index (χ3v) is 5.00. The lowest BCUT2D eigenvalue weighted by Gasteiger charge is -2.11. The molecule has 0 spiro atoms. The molecule has 1 heterocycles. The molecule has 0 aromatic heterocycles. The molecule has 6 nitrogen and oxygen atoms in total. The number of nitrogens with zero attached hydrogens (tertiary/aromatic N) is 1. The fourth-order valence-corrected chi connectivity index (χ4v) is 3.28. The molecular weight excluding hydrogens is 430 g/mol. The van der Waals surface area contributed by atoms with Crippen LogP contribution < -0.4 is 9.47 Å². The van der Waals surface area contributed by atoms with E-state index in [2.05, 4.69) is 4.99 Å². The van der Waals surface area contributed by atoms with Gasteiger partial charge in [0.2, 0.25) is 5.90 Å². The molecule has 0 N–H and O–H groups in total. The van der Waals surface area contributed by atoms with Gasteiger partial charge in [-0.3, -0.25) is 4.79 Å². The molecular formula is C25H18ClNO5. The van der Waals surface area contributed by atoms with Gasteiger partial charge in [0.15, 0.2) is 29.6 Å². The van der Waals surface area contributed by atoms with Crippen LogP contribution in [0, 0.1) is 0 Å². The van der Waals surface area contributed by atoms with Crippen molar-refractivity contribution in [3.05, 3.63) is 100 Å². The Bertz CT molecular complexity index is 1230. The maximum atomic E-state index is 12.4. The summed E-state index contributed by atoms with van der Waals surface area (Å²) in [4.78, 5) is 28.9. The number of hydrogen-bond acceptors (Lipinski definition) is 6. The van der Waals surface area contributed by atoms with Gasteiger partial charge in [0.25, 0.3) is 0 Å². The second kappa shape index (κ2) is 9.49. The molecule has 0 fully saturated rings. The number of halogens is 1. The van der Waals surface area contributed by atoms with E-state index in [1.807, 2.05) is 6.07 Å². The fourth-order valence-electron chi connectivity index (χ4n) is 3.06. The zero-order valence-electron chi connectivity index (χ0n) is 17.1. The largest absolute Gasteiger partial charge is 0.493 e. The number of Topliss-reactive ketones (excluding diaryl/α,β-unsaturated/α-hetero) is 1. The molecule has 0 amide bonds. The maximum Gasteiger partial charge on any atom is 0.363 e. The zero-order chi connectivity index (χ0) is 22.5. The van der Waals surface area contributed by atoms with Crippen LogP contribution in [0.1, 0.15) is 21.5 Å². The summed E-state index contributed by atoms with van der Waals surface area (Å²) in [6.45, 7) is -0.156. The van der Waals surface area contributed by atoms with Crippen LogP contribution in [0.3, 0.4) is 0 Å². The second-order valence-corrected chi connectivity index (χ2v) is 7.21. The Balaban J connectivity index is 1.56. The van der Waals surface area contributed by atoms with E-state index in [4.69, 9.17) is 25.8 Å². The summed E-state index contributed by atoms with van der Waals surface area (Å²) in [5.41, 5.74) is 1.84. The summed E-state index contributed by atoms with van der Waals surface area (Å²) >= 11 is 6.17. The van der Waals surface area contributed by atoms with E-state index in [1.165, 1.54) is 7.11 Å². The number of esters is 1. The Hall–Kier alpha value is -3.90. The molecule has 3 aromatic carbocycles. The Morgan fingerprint density at radius 3 is 2.53 bits per heavy atom. The summed E-state index contributed by atoms with van der Waals surface area (Å²) in [7, 11) is 1.51. The van der Waals surface area contributed by atoms with Gasteiger partial charge in [-0.05, 0) is 35.9 Å². The average molecular weight is 448 g/mol. The lowest BCUT2D eigenvalue weighted by Crippen LogP contribution is -2.12. The minimum absolute atomic E-state index is 0.122. The predicted octanol–water partition coefficient (Wildman–Crippen LogP) is 4.95. The van der Waals surface area contributed by atoms with Crippen molar-refractivity contribution in [3.8, 4) is 11.5 Å². The van der Waals surface area contributed by atoms with Crippen LogP contribution in [0.25, 0.3) is 6.08 Å². The van der Waals surface area contributed by atoms with Crippen molar-refractivity contribution in [2.75, 3.05) is 13.7 Å². The van der Waals surface area contributed by atoms with Gasteiger partial charge in [-0.15, -0.1) is 0 Å². The number of aliphatic imine (C=N–C) groups is 1. The van der Waals surface area contributed by atoms with Crippen LogP contribution in [-0.4, -0.2) is 31.4 Å². The summed E-state index contributed by atoms with van der Waals surface area (Å²) in [5.74, 6) is 0.225. The molecule has 1 aliphatic heterocycles. The molecule has 0 radical (unpaired) electrons. The molecule has 7 heteroatoms. The maximum absolute atomic E-state index is 12.4. The lowest BCUT2D eigenvalue weighted by molar-refractivity contribution is -0.129. The Kier molecular flexibility index (Phi) is 6.33. The molecule has 0 saturated heterocycles. The fraction of sp³-hybridized carbons (Fsp3) is 0.0800. The van der Waals surface area contributed by atoms with E-state index in [9.17, 15) is 9.59 Å². The number of rotatable bonds is 7. The molecule has 4 rings (SSSR count). The lowest BCUT2D eigenvalue weighted by atomic mass is 10.1. The van der Waals surface area contributed by atoms with Crippen molar-refractivity contribution in [1.82, 2.24) is 0 Å². The van der Waals surface area contributed by atoms with Crippen molar-refractivity contribution in [2.24, 2.45) is 4.99 Å². The van der Waals surface area contributed by atoms with E-state index < -0.39 is 5.97 Å². The predicted molar refractivity (Wildman–Crippen MR) is 121 cm³/mol. The molecule has 32 heavy (non-hydrogen) atoms. The van der Waals surface area contributed by atoms with Gasteiger partial charge >= 0.3 is 5.97 Å². The number of cyclic esters (lactones) is 1. The van der Waals surface area contributed by atoms with Crippen molar-refractivity contribution in [2.45, 2.75) is 0 Å². The number of ketones is 1. The molecule has 0 bridgehead atoms. The first-order chi connectivity index (χ1) is 15.5. The van der Waals surface area contributed by atoms with Crippen LogP contribution in [-0.2, 0) is 9.53 Å². The highest BCUT2D eigenvalue weighted by Gasteiger charge is 2.25. The van der Waals surface area contributed by atoms with Crippen LogP contribution in [0.4, 0.5) is 0 Å². The highest BCUT2D eigenvalue weighted by atomic mass is 35.5. The Labute approximate surface area is 189 Å². The highest BCUT2D eigenvalue weighted by Crippen LogP contribution is 2.30. The van der Waals surface area contributed by atoms with E-state index in [0.29, 0.717) is 33.2 Å². The first kappa shape index (κ1) is 21.3. The van der Waals surface area contributed by atoms with Crippen molar-refractivity contribution < 1.29 is 23.8 Å². The van der Waals surface area contributed by atoms with Crippen molar-refractivity contribution >= 4 is 35.3 Å². The third kappa shape index (κ3) is 4.71. The average Bonchev–Trinajstić information content (AvgIpc) is 3.18. The van der Waals surface area contributed by atoms with E-state index in [0.717, 1.165) is 0 Å². The topological polar surface area (TPSA) is 74.2 Å². The van der Waals surface area contributed by atoms with Gasteiger partial charge in [0.05, 0.1) is 17.7 Å². The summed E-state index contributed by atoms with van der Waals surface area (Å²) in [6.07, 6.45) is 1.57. The van der Waals surface area contributed by atoms with Gasteiger partial charge in [-0.1, -0.05) is 60.1 Å². The van der Waals surface area contributed by atoms with Crippen molar-refractivity contribution in [1.29, 1.82) is 0 Å². The number of hydrogen-bond donors (Lipinski definition) is 0. The van der Waals surface area contributed by atoms with E-state index in [-0.39, 0.29) is 24.0 Å². The van der Waals surface area contributed by atoms with Gasteiger partial charge < -0.3 is 14.2 Å². The van der Waals surface area contributed by atoms with E-state index >= 15 is 0 Å². The van der Waals surface area contributed by atoms with Crippen molar-refractivity contribution in [3.63, 3.8) is 0 Å². The minimum atomic E-state index is -0.586. The number of methoxy groups -OCH3 is 1. The first-order valence-corrected chi connectivity index (χ1v) is 10.1. The number of carbonyl (C=O) groups excluding carboxylic acids is 2. The number of carbonyl (C=O) groups is 2. The zero-order valence-corrected chi connectivity index (χ0v) is 17.8.